The van der Waals surface area contributed by atoms with Gasteiger partial charge in [0, 0.05) is 16.7 Å². The molecule has 0 spiro atoms. The number of carbonyl (C=O) groups is 1. The summed E-state index contributed by atoms with van der Waals surface area (Å²) in [5, 5.41) is 23.6. The van der Waals surface area contributed by atoms with Gasteiger partial charge in [-0.05, 0) is 69.9 Å². The maximum atomic E-state index is 13.2. The van der Waals surface area contributed by atoms with Crippen LogP contribution in [0, 0.1) is 0 Å². The Morgan fingerprint density at radius 1 is 0.605 bits per heavy atom. The van der Waals surface area contributed by atoms with Crippen LogP contribution >= 0.6 is 0 Å². The van der Waals surface area contributed by atoms with Gasteiger partial charge in [-0.2, -0.15) is 0 Å². The number of hydrogen-bond acceptors (Lipinski definition) is 4. The van der Waals surface area contributed by atoms with Crippen LogP contribution in [0.3, 0.4) is 0 Å². The van der Waals surface area contributed by atoms with Crippen molar-refractivity contribution in [2.75, 3.05) is 0 Å². The van der Waals surface area contributed by atoms with Crippen molar-refractivity contribution < 1.29 is 19.7 Å². The average Bonchev–Trinajstić information content (AvgIpc) is 2.70. The van der Waals surface area contributed by atoms with Crippen molar-refractivity contribution in [2.45, 2.75) is 124 Å². The summed E-state index contributed by atoms with van der Waals surface area (Å²) in [6, 6.07) is 7.89. The van der Waals surface area contributed by atoms with E-state index in [-0.39, 0.29) is 38.7 Å². The molecule has 2 rings (SSSR count). The lowest BCUT2D eigenvalue weighted by atomic mass is 9.73. The van der Waals surface area contributed by atoms with Crippen LogP contribution in [-0.2, 0) is 36.8 Å². The van der Waals surface area contributed by atoms with Crippen LogP contribution in [0.4, 0.5) is 0 Å². The Labute approximate surface area is 231 Å². The molecule has 2 aromatic rings. The van der Waals surface area contributed by atoms with E-state index in [1.807, 2.05) is 65.8 Å². The quantitative estimate of drug-likeness (QED) is 0.311. The lowest BCUT2D eigenvalue weighted by Gasteiger charge is -2.37. The molecule has 0 radical (unpaired) electrons. The second-order valence-electron chi connectivity index (χ2n) is 15.0. The molecule has 210 valence electrons. The molecule has 0 saturated carbocycles. The number of hydrogen-bond donors (Lipinski definition) is 2. The van der Waals surface area contributed by atoms with Gasteiger partial charge in [0.1, 0.15) is 11.5 Å². The van der Waals surface area contributed by atoms with Crippen LogP contribution in [0.25, 0.3) is 0 Å². The van der Waals surface area contributed by atoms with Gasteiger partial charge < -0.3 is 14.9 Å². The Bertz CT molecular complexity index is 1150. The molecule has 0 unspecified atom stereocenters. The van der Waals surface area contributed by atoms with E-state index in [1.165, 1.54) is 0 Å². The second-order valence-corrected chi connectivity index (χ2v) is 15.0. The summed E-state index contributed by atoms with van der Waals surface area (Å²) in [7, 11) is 0. The lowest BCUT2D eigenvalue weighted by molar-refractivity contribution is -0.150. The highest BCUT2D eigenvalue weighted by atomic mass is 16.6. The largest absolute Gasteiger partial charge is 0.507 e. The molecule has 0 heterocycles. The highest BCUT2D eigenvalue weighted by molar-refractivity contribution is 5.88. The summed E-state index contributed by atoms with van der Waals surface area (Å²) in [6.07, 6.45) is 0. The van der Waals surface area contributed by atoms with Crippen LogP contribution in [0.5, 0.6) is 11.5 Å². The zero-order valence-corrected chi connectivity index (χ0v) is 26.2. The predicted molar refractivity (Wildman–Crippen MR) is 158 cm³/mol. The molecular formula is C34H50O4. The number of carbonyl (C=O) groups excluding carboxylic acids is 1. The number of aromatic hydroxyl groups is 2. The lowest BCUT2D eigenvalue weighted by Crippen LogP contribution is -2.33. The summed E-state index contributed by atoms with van der Waals surface area (Å²) < 4.78 is 6.25. The Balaban J connectivity index is 3.21. The molecule has 0 bridgehead atoms. The first-order valence-corrected chi connectivity index (χ1v) is 13.5. The Morgan fingerprint density at radius 3 is 1.13 bits per heavy atom. The van der Waals surface area contributed by atoms with Gasteiger partial charge in [0.25, 0.3) is 0 Å². The average molecular weight is 523 g/mol. The van der Waals surface area contributed by atoms with Crippen molar-refractivity contribution in [2.24, 2.45) is 0 Å². The van der Waals surface area contributed by atoms with Crippen molar-refractivity contribution >= 4 is 5.97 Å². The monoisotopic (exact) mass is 522 g/mol. The van der Waals surface area contributed by atoms with Crippen LogP contribution < -0.4 is 0 Å². The van der Waals surface area contributed by atoms with Crippen molar-refractivity contribution in [3.05, 3.63) is 69.8 Å². The van der Waals surface area contributed by atoms with E-state index in [1.54, 1.807) is 13.8 Å². The number of esters is 1. The van der Waals surface area contributed by atoms with Gasteiger partial charge in [0.2, 0.25) is 0 Å². The number of rotatable bonds is 4. The molecule has 0 aliphatic rings. The topological polar surface area (TPSA) is 66.8 Å². The fraction of sp³-hybridized carbons (Fsp3) is 0.559. The second kappa shape index (κ2) is 9.77. The Kier molecular flexibility index (Phi) is 8.09. The molecule has 0 fully saturated rings. The molecule has 2 aromatic carbocycles. The number of benzene rings is 2. The van der Waals surface area contributed by atoms with E-state index < -0.39 is 11.6 Å². The van der Waals surface area contributed by atoms with Crippen molar-refractivity contribution in [3.8, 4) is 11.5 Å². The molecule has 0 atom stereocenters. The SMILES string of the molecule is C=C(C)C(=O)OC(C)(c1cc(C(C)(C)C)cc(C(C)(C)C)c1O)c1cc(C(C)(C)C)cc(C(C)(C)C)c1O. The maximum Gasteiger partial charge on any atom is 0.334 e. The summed E-state index contributed by atoms with van der Waals surface area (Å²) in [5.41, 5.74) is 1.84. The summed E-state index contributed by atoms with van der Waals surface area (Å²) in [5.74, 6) is -0.482. The molecule has 0 aliphatic heterocycles. The van der Waals surface area contributed by atoms with Gasteiger partial charge >= 0.3 is 5.97 Å². The van der Waals surface area contributed by atoms with Crippen molar-refractivity contribution in [3.63, 3.8) is 0 Å². The molecule has 4 heteroatoms. The van der Waals surface area contributed by atoms with E-state index in [4.69, 9.17) is 4.74 Å². The van der Waals surface area contributed by atoms with Crippen LogP contribution in [-0.4, -0.2) is 16.2 Å². The molecule has 0 aromatic heterocycles. The number of phenolic OH excluding ortho intramolecular Hbond substituents is 2. The molecule has 0 amide bonds. The van der Waals surface area contributed by atoms with Gasteiger partial charge in [-0.25, -0.2) is 4.79 Å². The van der Waals surface area contributed by atoms with E-state index in [9.17, 15) is 15.0 Å². The number of ether oxygens (including phenoxy) is 1. The zero-order valence-electron chi connectivity index (χ0n) is 26.2. The minimum Gasteiger partial charge on any atom is -0.507 e. The number of phenols is 2. The molecule has 0 aliphatic carbocycles. The van der Waals surface area contributed by atoms with Crippen molar-refractivity contribution in [1.82, 2.24) is 0 Å². The summed E-state index contributed by atoms with van der Waals surface area (Å²) in [4.78, 5) is 13.2. The van der Waals surface area contributed by atoms with Gasteiger partial charge in [0.05, 0.1) is 0 Å². The molecule has 4 nitrogen and oxygen atoms in total. The third kappa shape index (κ3) is 6.27. The first kappa shape index (κ1) is 31.5. The van der Waals surface area contributed by atoms with E-state index in [0.717, 1.165) is 22.3 Å². The van der Waals surface area contributed by atoms with Gasteiger partial charge in [-0.15, -0.1) is 0 Å². The smallest absolute Gasteiger partial charge is 0.334 e. The first-order valence-electron chi connectivity index (χ1n) is 13.5. The molecule has 38 heavy (non-hydrogen) atoms. The fourth-order valence-corrected chi connectivity index (χ4v) is 4.53. The van der Waals surface area contributed by atoms with Crippen LogP contribution in [0.15, 0.2) is 36.4 Å². The third-order valence-corrected chi connectivity index (χ3v) is 7.24. The molecule has 2 N–H and O–H groups in total. The minimum atomic E-state index is -1.51. The summed E-state index contributed by atoms with van der Waals surface area (Å²) in [6.45, 7) is 32.1. The fourth-order valence-electron chi connectivity index (χ4n) is 4.53. The van der Waals surface area contributed by atoms with E-state index >= 15 is 0 Å². The van der Waals surface area contributed by atoms with Gasteiger partial charge in [-0.1, -0.05) is 102 Å². The minimum absolute atomic E-state index is 0.0559. The van der Waals surface area contributed by atoms with Crippen LogP contribution in [0.2, 0.25) is 0 Å². The first-order chi connectivity index (χ1) is 16.8. The highest BCUT2D eigenvalue weighted by Gasteiger charge is 2.43. The zero-order chi connectivity index (χ0) is 29.8. The van der Waals surface area contributed by atoms with E-state index in [2.05, 4.69) is 48.1 Å². The summed E-state index contributed by atoms with van der Waals surface area (Å²) >= 11 is 0. The third-order valence-electron chi connectivity index (χ3n) is 7.24. The van der Waals surface area contributed by atoms with E-state index in [0.29, 0.717) is 11.1 Å². The Morgan fingerprint density at radius 2 is 0.895 bits per heavy atom. The Hall–Kier alpha value is -2.75. The van der Waals surface area contributed by atoms with Gasteiger partial charge in [0.15, 0.2) is 5.60 Å². The standard InChI is InChI=1S/C34H50O4/c1-20(2)29(37)38-34(15,25-18-21(30(3,4)5)16-23(27(25)35)32(9,10)11)26-19-22(31(6,7)8)17-24(28(26)36)33(12,13)14/h16-19,35-36H,1H2,2-15H3. The molecule has 0 saturated heterocycles. The normalized spacial score (nSPS) is 13.4. The predicted octanol–water partition coefficient (Wildman–Crippen LogP) is 8.67. The molecular weight excluding hydrogens is 472 g/mol. The maximum absolute atomic E-state index is 13.2. The highest BCUT2D eigenvalue weighted by Crippen LogP contribution is 2.50. The van der Waals surface area contributed by atoms with Crippen molar-refractivity contribution in [1.29, 1.82) is 0 Å². The van der Waals surface area contributed by atoms with Crippen LogP contribution in [0.1, 0.15) is 130 Å². The van der Waals surface area contributed by atoms with Gasteiger partial charge in [-0.3, -0.25) is 0 Å².